The van der Waals surface area contributed by atoms with Crippen molar-refractivity contribution in [1.29, 1.82) is 0 Å². The predicted molar refractivity (Wildman–Crippen MR) is 180 cm³/mol. The third-order valence-electron chi connectivity index (χ3n) is 8.85. The minimum Gasteiger partial charge on any atom is -0.508 e. The number of carbonyl (C=O) groups is 5. The molecule has 14 nitrogen and oxygen atoms in total. The average molecular weight is 676 g/mol. The molecule has 49 heavy (non-hydrogen) atoms. The summed E-state index contributed by atoms with van der Waals surface area (Å²) in [7, 11) is 0. The third kappa shape index (κ3) is 10.1. The Labute approximate surface area is 284 Å². The summed E-state index contributed by atoms with van der Waals surface area (Å²) in [6.07, 6.45) is 4.62. The van der Waals surface area contributed by atoms with Gasteiger partial charge in [-0.2, -0.15) is 0 Å². The largest absolute Gasteiger partial charge is 0.508 e. The summed E-state index contributed by atoms with van der Waals surface area (Å²) < 4.78 is 0. The number of H-pyrrole nitrogens is 1. The van der Waals surface area contributed by atoms with Crippen LogP contribution in [0.4, 0.5) is 0 Å². The molecule has 2 heterocycles. The number of hydrogen-bond acceptors (Lipinski definition) is 8. The first-order chi connectivity index (χ1) is 23.5. The lowest BCUT2D eigenvalue weighted by Gasteiger charge is -2.31. The molecule has 0 bridgehead atoms. The van der Waals surface area contributed by atoms with Crippen LogP contribution in [0.2, 0.25) is 0 Å². The van der Waals surface area contributed by atoms with Crippen LogP contribution in [0.25, 0.3) is 0 Å². The van der Waals surface area contributed by atoms with Gasteiger partial charge in [0.25, 0.3) is 0 Å². The molecule has 1 aliphatic heterocycles. The third-order valence-corrected chi connectivity index (χ3v) is 8.85. The van der Waals surface area contributed by atoms with Crippen molar-refractivity contribution >= 4 is 29.6 Å². The Balaban J connectivity index is 1.48. The minimum absolute atomic E-state index is 0.0305. The Bertz CT molecular complexity index is 1570. The van der Waals surface area contributed by atoms with E-state index >= 15 is 0 Å². The number of likely N-dealkylation sites (tertiary alicyclic amines) is 1. The van der Waals surface area contributed by atoms with E-state index in [1.807, 2.05) is 13.0 Å². The summed E-state index contributed by atoms with van der Waals surface area (Å²) in [6, 6.07) is 9.96. The lowest BCUT2D eigenvalue weighted by Crippen LogP contribution is -2.60. The second-order valence-corrected chi connectivity index (χ2v) is 12.5. The Hall–Kier alpha value is -5.24. The summed E-state index contributed by atoms with van der Waals surface area (Å²) in [4.78, 5) is 74.9. The minimum atomic E-state index is -1.20. The van der Waals surface area contributed by atoms with E-state index in [4.69, 9.17) is 5.73 Å². The normalized spacial score (nSPS) is 17.3. The van der Waals surface area contributed by atoms with Gasteiger partial charge in [0.1, 0.15) is 29.9 Å². The Morgan fingerprint density at radius 2 is 1.63 bits per heavy atom. The first kappa shape index (κ1) is 36.6. The number of aromatic hydroxyl groups is 1. The van der Waals surface area contributed by atoms with Crippen molar-refractivity contribution < 1.29 is 34.2 Å². The molecular weight excluding hydrogens is 630 g/mol. The van der Waals surface area contributed by atoms with Gasteiger partial charge in [-0.05, 0) is 48.4 Å². The SMILES string of the molecule is CCC(C)C(NC(=O)C(N)Cc1ccc(O)cc1)C(=O)NC(Cc1cnc[nH]1)C(=O)N1CCCC1C(=O)NC(Cc1ccccc1)C(=O)O. The highest BCUT2D eigenvalue weighted by atomic mass is 16.4. The highest BCUT2D eigenvalue weighted by Crippen LogP contribution is 2.21. The fourth-order valence-corrected chi connectivity index (χ4v) is 5.84. The van der Waals surface area contributed by atoms with E-state index in [1.54, 1.807) is 43.3 Å². The average Bonchev–Trinajstić information content (AvgIpc) is 3.80. The maximum Gasteiger partial charge on any atom is 0.326 e. The Morgan fingerprint density at radius 1 is 0.939 bits per heavy atom. The van der Waals surface area contributed by atoms with Crippen molar-refractivity contribution in [1.82, 2.24) is 30.8 Å². The van der Waals surface area contributed by atoms with Gasteiger partial charge in [0.2, 0.25) is 23.6 Å². The van der Waals surface area contributed by atoms with Gasteiger partial charge in [0.05, 0.1) is 12.4 Å². The molecule has 6 atom stereocenters. The molecule has 0 radical (unpaired) electrons. The van der Waals surface area contributed by atoms with Crippen molar-refractivity contribution in [2.45, 2.75) is 82.6 Å². The van der Waals surface area contributed by atoms with Gasteiger partial charge in [0.15, 0.2) is 0 Å². The molecule has 4 rings (SSSR count). The van der Waals surface area contributed by atoms with Gasteiger partial charge in [-0.15, -0.1) is 0 Å². The van der Waals surface area contributed by atoms with Gasteiger partial charge in [-0.3, -0.25) is 19.2 Å². The maximum absolute atomic E-state index is 14.1. The first-order valence-corrected chi connectivity index (χ1v) is 16.5. The number of nitrogens with two attached hydrogens (primary N) is 1. The quantitative estimate of drug-likeness (QED) is 0.115. The number of hydrogen-bond donors (Lipinski definition) is 7. The standard InChI is InChI=1S/C35H45N7O7/c1-3-21(2)30(41-31(44)26(36)16-23-11-13-25(43)14-12-23)33(46)39-27(18-24-19-37-20-38-24)34(47)42-15-7-10-29(42)32(45)40-28(35(48)49)17-22-8-5-4-6-9-22/h4-6,8-9,11-14,19-21,26-30,43H,3,7,10,15-18,36H2,1-2H3,(H,37,38)(H,39,46)(H,40,45)(H,41,44)(H,48,49). The monoisotopic (exact) mass is 675 g/mol. The lowest BCUT2D eigenvalue weighted by molar-refractivity contribution is -0.145. The zero-order valence-electron chi connectivity index (χ0n) is 27.7. The molecule has 1 aliphatic rings. The highest BCUT2D eigenvalue weighted by Gasteiger charge is 2.40. The smallest absolute Gasteiger partial charge is 0.326 e. The zero-order chi connectivity index (χ0) is 35.5. The van der Waals surface area contributed by atoms with Crippen LogP contribution in [0.5, 0.6) is 5.75 Å². The lowest BCUT2D eigenvalue weighted by atomic mass is 9.96. The van der Waals surface area contributed by atoms with E-state index in [-0.39, 0.29) is 37.5 Å². The van der Waals surface area contributed by atoms with Crippen LogP contribution in [0, 0.1) is 5.92 Å². The van der Waals surface area contributed by atoms with Gasteiger partial charge < -0.3 is 41.8 Å². The number of carbonyl (C=O) groups excluding carboxylic acids is 4. The number of carboxylic acids is 1. The van der Waals surface area contributed by atoms with Crippen LogP contribution in [-0.4, -0.2) is 91.4 Å². The van der Waals surface area contributed by atoms with Crippen LogP contribution >= 0.6 is 0 Å². The van der Waals surface area contributed by atoms with E-state index in [9.17, 15) is 34.2 Å². The number of benzene rings is 2. The molecule has 6 unspecified atom stereocenters. The molecule has 0 aliphatic carbocycles. The van der Waals surface area contributed by atoms with Crippen molar-refractivity contribution in [2.24, 2.45) is 11.7 Å². The number of phenolic OH excluding ortho intramolecular Hbond substituents is 1. The van der Waals surface area contributed by atoms with Gasteiger partial charge >= 0.3 is 5.97 Å². The molecule has 1 fully saturated rings. The summed E-state index contributed by atoms with van der Waals surface area (Å²) in [5, 5.41) is 27.6. The summed E-state index contributed by atoms with van der Waals surface area (Å²) in [6.45, 7) is 3.91. The van der Waals surface area contributed by atoms with Crippen LogP contribution < -0.4 is 21.7 Å². The second kappa shape index (κ2) is 17.2. The van der Waals surface area contributed by atoms with Crippen LogP contribution in [0.1, 0.15) is 49.9 Å². The highest BCUT2D eigenvalue weighted by molar-refractivity contribution is 5.96. The van der Waals surface area contributed by atoms with E-state index in [0.29, 0.717) is 25.0 Å². The van der Waals surface area contributed by atoms with Crippen molar-refractivity contribution in [3.05, 3.63) is 83.9 Å². The van der Waals surface area contributed by atoms with Gasteiger partial charge in [-0.1, -0.05) is 62.7 Å². The molecule has 2 aromatic carbocycles. The molecule has 1 aromatic heterocycles. The van der Waals surface area contributed by atoms with E-state index in [0.717, 1.165) is 11.1 Å². The molecule has 0 spiro atoms. The molecular formula is C35H45N7O7. The molecule has 262 valence electrons. The topological polar surface area (TPSA) is 220 Å². The zero-order valence-corrected chi connectivity index (χ0v) is 27.7. The first-order valence-electron chi connectivity index (χ1n) is 16.5. The maximum atomic E-state index is 14.1. The predicted octanol–water partition coefficient (Wildman–Crippen LogP) is 1.05. The molecule has 0 saturated carbocycles. The summed E-state index contributed by atoms with van der Waals surface area (Å²) >= 11 is 0. The van der Waals surface area contributed by atoms with E-state index < -0.39 is 59.8 Å². The summed E-state index contributed by atoms with van der Waals surface area (Å²) in [5.41, 5.74) is 8.22. The van der Waals surface area contributed by atoms with E-state index in [1.165, 1.54) is 29.6 Å². The number of carboxylic acid groups (broad SMARTS) is 1. The summed E-state index contributed by atoms with van der Waals surface area (Å²) in [5.74, 6) is -3.69. The molecule has 3 aromatic rings. The number of imidazole rings is 1. The number of rotatable bonds is 16. The number of nitrogens with one attached hydrogen (secondary N) is 4. The molecule has 1 saturated heterocycles. The fraction of sp³-hybridized carbons (Fsp3) is 0.429. The van der Waals surface area contributed by atoms with Crippen molar-refractivity contribution in [3.63, 3.8) is 0 Å². The van der Waals surface area contributed by atoms with Crippen LogP contribution in [0.15, 0.2) is 67.1 Å². The van der Waals surface area contributed by atoms with Gasteiger partial charge in [0, 0.05) is 31.3 Å². The van der Waals surface area contributed by atoms with E-state index in [2.05, 4.69) is 25.9 Å². The second-order valence-electron chi connectivity index (χ2n) is 12.5. The number of amides is 4. The molecule has 14 heteroatoms. The van der Waals surface area contributed by atoms with Crippen LogP contribution in [-0.2, 0) is 43.2 Å². The van der Waals surface area contributed by atoms with Crippen molar-refractivity contribution in [2.75, 3.05) is 6.54 Å². The number of aromatic nitrogens is 2. The van der Waals surface area contributed by atoms with Crippen molar-refractivity contribution in [3.8, 4) is 5.75 Å². The van der Waals surface area contributed by atoms with Gasteiger partial charge in [-0.25, -0.2) is 9.78 Å². The fourth-order valence-electron chi connectivity index (χ4n) is 5.84. The molecule has 8 N–H and O–H groups in total. The Morgan fingerprint density at radius 3 is 2.27 bits per heavy atom. The van der Waals surface area contributed by atoms with Crippen LogP contribution in [0.3, 0.4) is 0 Å². The number of nitrogens with zero attached hydrogens (tertiary/aromatic N) is 2. The number of phenols is 1. The molecule has 4 amide bonds. The number of aliphatic carboxylic acids is 1. The Kier molecular flexibility index (Phi) is 12.9. The number of aromatic amines is 1.